The number of aliphatic hydroxyl groups excluding tert-OH is 1. The first-order chi connectivity index (χ1) is 18.4. The molecule has 38 heavy (non-hydrogen) atoms. The summed E-state index contributed by atoms with van der Waals surface area (Å²) in [6, 6.07) is 22.8. The fourth-order valence-electron chi connectivity index (χ4n) is 4.34. The molecule has 0 aromatic heterocycles. The van der Waals surface area contributed by atoms with Gasteiger partial charge in [0.25, 0.3) is 11.7 Å². The third-order valence-corrected chi connectivity index (χ3v) is 6.38. The van der Waals surface area contributed by atoms with Crippen molar-refractivity contribution in [2.45, 2.75) is 25.8 Å². The molecule has 1 amide bonds. The predicted molar refractivity (Wildman–Crippen MR) is 147 cm³/mol. The molecule has 4 rings (SSSR count). The van der Waals surface area contributed by atoms with Gasteiger partial charge in [0.15, 0.2) is 0 Å². The van der Waals surface area contributed by atoms with E-state index in [0.717, 1.165) is 12.8 Å². The maximum Gasteiger partial charge on any atom is 0.295 e. The molecule has 1 heterocycles. The van der Waals surface area contributed by atoms with Crippen molar-refractivity contribution >= 4 is 17.4 Å². The van der Waals surface area contributed by atoms with Crippen molar-refractivity contribution in [3.8, 4) is 17.2 Å². The predicted octanol–water partition coefficient (Wildman–Crippen LogP) is 5.64. The van der Waals surface area contributed by atoms with Crippen LogP contribution in [-0.2, 0) is 9.59 Å². The molecule has 1 saturated heterocycles. The molecule has 1 unspecified atom stereocenters. The van der Waals surface area contributed by atoms with Gasteiger partial charge in [-0.15, -0.1) is 0 Å². The third kappa shape index (κ3) is 6.23. The number of aliphatic hydroxyl groups is 1. The van der Waals surface area contributed by atoms with Crippen LogP contribution in [0.2, 0.25) is 0 Å². The molecule has 3 aromatic rings. The topological polar surface area (TPSA) is 79.3 Å². The highest BCUT2D eigenvalue weighted by Gasteiger charge is 2.46. The zero-order valence-electron chi connectivity index (χ0n) is 22.1. The molecule has 0 aliphatic carbocycles. The van der Waals surface area contributed by atoms with Crippen LogP contribution in [0.1, 0.15) is 36.9 Å². The first kappa shape index (κ1) is 26.9. The van der Waals surface area contributed by atoms with Crippen LogP contribution in [-0.4, -0.2) is 60.4 Å². The van der Waals surface area contributed by atoms with Crippen LogP contribution < -0.4 is 9.47 Å². The fourth-order valence-corrected chi connectivity index (χ4v) is 4.34. The van der Waals surface area contributed by atoms with E-state index in [1.165, 1.54) is 4.90 Å². The van der Waals surface area contributed by atoms with E-state index in [9.17, 15) is 14.7 Å². The normalized spacial score (nSPS) is 16.7. The molecular weight excluding hydrogens is 480 g/mol. The second-order valence-corrected chi connectivity index (χ2v) is 9.51. The van der Waals surface area contributed by atoms with Gasteiger partial charge in [-0.2, -0.15) is 0 Å². The largest absolute Gasteiger partial charge is 0.507 e. The average molecular weight is 515 g/mol. The minimum atomic E-state index is -0.755. The Morgan fingerprint density at radius 3 is 2.32 bits per heavy atom. The van der Waals surface area contributed by atoms with Gasteiger partial charge in [-0.3, -0.25) is 9.59 Å². The molecular formula is C31H34N2O5. The smallest absolute Gasteiger partial charge is 0.295 e. The number of rotatable bonds is 11. The second-order valence-electron chi connectivity index (χ2n) is 9.51. The Hall–Kier alpha value is -4.10. The van der Waals surface area contributed by atoms with Crippen LogP contribution in [0.3, 0.4) is 0 Å². The molecule has 7 nitrogen and oxygen atoms in total. The number of likely N-dealkylation sites (N-methyl/N-ethyl adjacent to an activating group) is 1. The standard InChI is InChI=1S/C31H34N2O5/c1-4-5-20-37-24-16-14-22(15-17-24)29(34)27-28(33(19-18-32(2)3)31(36)30(27)35)23-10-9-13-26(21-23)38-25-11-7-6-8-12-25/h6-17,21,28,34H,4-5,18-20H2,1-3H3/b29-27+. The lowest BCUT2D eigenvalue weighted by Gasteiger charge is -2.27. The number of Topliss-reactive ketones (excluding diaryl/α,β-unsaturated/α-hetero) is 1. The molecule has 1 N–H and O–H groups in total. The number of likely N-dealkylation sites (tertiary alicyclic amines) is 1. The number of nitrogens with zero attached hydrogens (tertiary/aromatic N) is 2. The highest BCUT2D eigenvalue weighted by Crippen LogP contribution is 2.40. The molecule has 7 heteroatoms. The summed E-state index contributed by atoms with van der Waals surface area (Å²) in [6.45, 7) is 3.60. The number of para-hydroxylation sites is 1. The average Bonchev–Trinajstić information content (AvgIpc) is 3.18. The number of carbonyl (C=O) groups is 2. The molecule has 0 spiro atoms. The van der Waals surface area contributed by atoms with Crippen molar-refractivity contribution in [3.05, 3.63) is 95.6 Å². The maximum absolute atomic E-state index is 13.3. The van der Waals surface area contributed by atoms with E-state index < -0.39 is 17.7 Å². The van der Waals surface area contributed by atoms with Crippen molar-refractivity contribution in [3.63, 3.8) is 0 Å². The zero-order chi connectivity index (χ0) is 27.1. The number of carbonyl (C=O) groups excluding carboxylic acids is 2. The Morgan fingerprint density at radius 1 is 0.921 bits per heavy atom. The highest BCUT2D eigenvalue weighted by atomic mass is 16.5. The minimum absolute atomic E-state index is 0.0604. The molecule has 1 aliphatic heterocycles. The van der Waals surface area contributed by atoms with Crippen LogP contribution in [0.15, 0.2) is 84.4 Å². The van der Waals surface area contributed by atoms with Crippen LogP contribution >= 0.6 is 0 Å². The summed E-state index contributed by atoms with van der Waals surface area (Å²) in [4.78, 5) is 30.0. The fraction of sp³-hybridized carbons (Fsp3) is 0.290. The lowest BCUT2D eigenvalue weighted by Crippen LogP contribution is -2.35. The molecule has 1 fully saturated rings. The molecule has 198 valence electrons. The van der Waals surface area contributed by atoms with Crippen molar-refractivity contribution < 1.29 is 24.2 Å². The van der Waals surface area contributed by atoms with Crippen LogP contribution in [0.25, 0.3) is 5.76 Å². The van der Waals surface area contributed by atoms with Gasteiger partial charge in [0.1, 0.15) is 23.0 Å². The van der Waals surface area contributed by atoms with Gasteiger partial charge >= 0.3 is 0 Å². The Morgan fingerprint density at radius 2 is 1.63 bits per heavy atom. The Kier molecular flexibility index (Phi) is 8.81. The Labute approximate surface area is 223 Å². The van der Waals surface area contributed by atoms with E-state index in [4.69, 9.17) is 9.47 Å². The van der Waals surface area contributed by atoms with Crippen molar-refractivity contribution in [1.29, 1.82) is 0 Å². The van der Waals surface area contributed by atoms with Gasteiger partial charge < -0.3 is 24.4 Å². The monoisotopic (exact) mass is 514 g/mol. The van der Waals surface area contributed by atoms with Gasteiger partial charge in [-0.1, -0.05) is 43.7 Å². The zero-order valence-corrected chi connectivity index (χ0v) is 22.1. The summed E-state index contributed by atoms with van der Waals surface area (Å²) in [5.74, 6) is 0.378. The molecule has 1 aliphatic rings. The molecule has 1 atom stereocenters. The van der Waals surface area contributed by atoms with E-state index in [0.29, 0.717) is 48.1 Å². The summed E-state index contributed by atoms with van der Waals surface area (Å²) in [5.41, 5.74) is 1.18. The second kappa shape index (κ2) is 12.4. The van der Waals surface area contributed by atoms with E-state index in [1.54, 1.807) is 24.3 Å². The van der Waals surface area contributed by atoms with E-state index >= 15 is 0 Å². The summed E-state index contributed by atoms with van der Waals surface area (Å²) in [6.07, 6.45) is 1.98. The number of hydrogen-bond acceptors (Lipinski definition) is 6. The van der Waals surface area contributed by atoms with Crippen LogP contribution in [0.5, 0.6) is 17.2 Å². The first-order valence-corrected chi connectivity index (χ1v) is 12.9. The molecule has 0 saturated carbocycles. The van der Waals surface area contributed by atoms with Crippen LogP contribution in [0.4, 0.5) is 0 Å². The van der Waals surface area contributed by atoms with Gasteiger partial charge in [-0.05, 0) is 74.6 Å². The number of unbranched alkanes of at least 4 members (excludes halogenated alkanes) is 1. The molecule has 3 aromatic carbocycles. The van der Waals surface area contributed by atoms with Gasteiger partial charge in [0, 0.05) is 18.7 Å². The van der Waals surface area contributed by atoms with Crippen molar-refractivity contribution in [1.82, 2.24) is 9.80 Å². The molecule has 0 radical (unpaired) electrons. The number of benzene rings is 3. The number of hydrogen-bond donors (Lipinski definition) is 1. The van der Waals surface area contributed by atoms with Gasteiger partial charge in [-0.25, -0.2) is 0 Å². The lowest BCUT2D eigenvalue weighted by molar-refractivity contribution is -0.140. The SMILES string of the molecule is CCCCOc1ccc(/C(O)=C2\C(=O)C(=O)N(CCN(C)C)C2c2cccc(Oc3ccccc3)c2)cc1. The quantitative estimate of drug-likeness (QED) is 0.154. The van der Waals surface area contributed by atoms with Crippen molar-refractivity contribution in [2.75, 3.05) is 33.8 Å². The Bertz CT molecular complexity index is 1290. The number of ether oxygens (including phenoxy) is 2. The lowest BCUT2D eigenvalue weighted by atomic mass is 9.95. The highest BCUT2D eigenvalue weighted by molar-refractivity contribution is 6.46. The van der Waals surface area contributed by atoms with E-state index in [1.807, 2.05) is 73.6 Å². The summed E-state index contributed by atoms with van der Waals surface area (Å²) in [7, 11) is 3.81. The summed E-state index contributed by atoms with van der Waals surface area (Å²) in [5, 5.41) is 11.3. The maximum atomic E-state index is 13.3. The third-order valence-electron chi connectivity index (χ3n) is 6.38. The number of amides is 1. The summed E-state index contributed by atoms with van der Waals surface area (Å²) < 4.78 is 11.7. The van der Waals surface area contributed by atoms with E-state index in [-0.39, 0.29) is 11.3 Å². The first-order valence-electron chi connectivity index (χ1n) is 12.9. The summed E-state index contributed by atoms with van der Waals surface area (Å²) >= 11 is 0. The van der Waals surface area contributed by atoms with Crippen LogP contribution in [0, 0.1) is 0 Å². The van der Waals surface area contributed by atoms with Gasteiger partial charge in [0.2, 0.25) is 0 Å². The Balaban J connectivity index is 1.72. The number of ketones is 1. The molecule has 0 bridgehead atoms. The van der Waals surface area contributed by atoms with Gasteiger partial charge in [0.05, 0.1) is 18.2 Å². The minimum Gasteiger partial charge on any atom is -0.507 e. The van der Waals surface area contributed by atoms with Crippen molar-refractivity contribution in [2.24, 2.45) is 0 Å². The van der Waals surface area contributed by atoms with E-state index in [2.05, 4.69) is 6.92 Å².